The third-order valence-electron chi connectivity index (χ3n) is 8.76. The predicted molar refractivity (Wildman–Crippen MR) is 156 cm³/mol. The van der Waals surface area contributed by atoms with E-state index in [1.165, 1.54) is 69.8 Å². The monoisotopic (exact) mass is 492 g/mol. The molecule has 0 spiro atoms. The fraction of sp³-hybridized carbons (Fsp3) is 0.600. The van der Waals surface area contributed by atoms with Gasteiger partial charge in [0.15, 0.2) is 0 Å². The Hall–Kier alpha value is -0.909. The fourth-order valence-electron chi connectivity index (χ4n) is 6.21. The van der Waals surface area contributed by atoms with E-state index in [0.717, 1.165) is 0 Å². The van der Waals surface area contributed by atoms with Crippen LogP contribution in [0.4, 0.5) is 0 Å². The molecule has 2 aromatic rings. The Balaban J connectivity index is 2.13. The number of unbranched alkanes of at least 4 members (excludes halogenated alkanes) is 6. The summed E-state index contributed by atoms with van der Waals surface area (Å²) >= 11 is 0. The maximum Gasteiger partial charge on any atom is 0.0657 e. The van der Waals surface area contributed by atoms with Crippen LogP contribution in [0.25, 0.3) is 11.1 Å². The van der Waals surface area contributed by atoms with E-state index in [1.807, 2.05) is 0 Å². The molecule has 0 N–H and O–H groups in total. The molecule has 180 valence electrons. The molecule has 0 aliphatic heterocycles. The molecule has 0 bridgehead atoms. The number of hydrogen-bond acceptors (Lipinski definition) is 0. The van der Waals surface area contributed by atoms with Crippen molar-refractivity contribution in [2.24, 2.45) is 0 Å². The average molecular weight is 493 g/mol. The Labute approximate surface area is 209 Å². The zero-order valence-electron chi connectivity index (χ0n) is 22.6. The standard InChI is InChI=1S/C30H48Si3/c1-8-10-12-16-22-30(23-17-13-11-9-2)28-19-15-14-18-26(28)27-21-20-25(24-29(27)30)33(7,31(3)4)32(5)6/h14-15,18-21,24H,8-13,16-17,22-23H2,1-7H3. The normalized spacial score (nSPS) is 14.7. The summed E-state index contributed by atoms with van der Waals surface area (Å²) in [7, 11) is -1.99. The molecule has 0 heterocycles. The first-order chi connectivity index (χ1) is 15.8. The van der Waals surface area contributed by atoms with Gasteiger partial charge in [-0.1, -0.05) is 146 Å². The lowest BCUT2D eigenvalue weighted by molar-refractivity contribution is 0.401. The molecule has 0 fully saturated rings. The van der Waals surface area contributed by atoms with Crippen LogP contribution < -0.4 is 5.19 Å². The Morgan fingerprint density at radius 3 is 1.76 bits per heavy atom. The van der Waals surface area contributed by atoms with Gasteiger partial charge in [0.2, 0.25) is 0 Å². The van der Waals surface area contributed by atoms with Gasteiger partial charge in [-0.2, -0.15) is 0 Å². The van der Waals surface area contributed by atoms with Crippen molar-refractivity contribution in [3.8, 4) is 11.1 Å². The summed E-state index contributed by atoms with van der Waals surface area (Å²) in [6.45, 7) is 17.8. The van der Waals surface area contributed by atoms with E-state index >= 15 is 0 Å². The lowest BCUT2D eigenvalue weighted by Crippen LogP contribution is -2.65. The lowest BCUT2D eigenvalue weighted by Gasteiger charge is -2.37. The van der Waals surface area contributed by atoms with Crippen LogP contribution in [-0.2, 0) is 5.41 Å². The molecule has 3 rings (SSSR count). The highest BCUT2D eigenvalue weighted by Gasteiger charge is 2.44. The molecule has 0 unspecified atom stereocenters. The van der Waals surface area contributed by atoms with Crippen LogP contribution in [0.3, 0.4) is 0 Å². The molecular weight excluding hydrogens is 445 g/mol. The quantitative estimate of drug-likeness (QED) is 0.193. The second-order valence-corrected chi connectivity index (χ2v) is 31.5. The van der Waals surface area contributed by atoms with Crippen molar-refractivity contribution in [1.82, 2.24) is 0 Å². The third-order valence-corrected chi connectivity index (χ3v) is 37.0. The molecule has 33 heavy (non-hydrogen) atoms. The first kappa shape index (κ1) is 26.7. The molecule has 0 nitrogen and oxygen atoms in total. The third kappa shape index (κ3) is 5.21. The van der Waals surface area contributed by atoms with Gasteiger partial charge in [-0.05, 0) is 35.1 Å². The highest BCUT2D eigenvalue weighted by Crippen LogP contribution is 2.54. The van der Waals surface area contributed by atoms with Crippen LogP contribution >= 0.6 is 0 Å². The van der Waals surface area contributed by atoms with Crippen molar-refractivity contribution < 1.29 is 0 Å². The van der Waals surface area contributed by atoms with Gasteiger partial charge in [-0.15, -0.1) is 0 Å². The summed E-state index contributed by atoms with van der Waals surface area (Å²) in [5, 5.41) is 1.78. The van der Waals surface area contributed by atoms with Crippen molar-refractivity contribution in [2.75, 3.05) is 0 Å². The summed E-state index contributed by atoms with van der Waals surface area (Å²) in [5.74, 6) is 0. The minimum Gasteiger partial charge on any atom is -0.0732 e. The van der Waals surface area contributed by atoms with E-state index in [0.29, 0.717) is 0 Å². The van der Waals surface area contributed by atoms with E-state index in [2.05, 4.69) is 89.0 Å². The molecule has 1 aliphatic rings. The zero-order valence-corrected chi connectivity index (χ0v) is 25.6. The van der Waals surface area contributed by atoms with Gasteiger partial charge in [-0.25, -0.2) is 0 Å². The summed E-state index contributed by atoms with van der Waals surface area (Å²) in [5.41, 5.74) is 6.68. The second-order valence-electron chi connectivity index (χ2n) is 11.1. The van der Waals surface area contributed by atoms with E-state index in [1.54, 1.807) is 21.9 Å². The Kier molecular flexibility index (Phi) is 9.45. The van der Waals surface area contributed by atoms with E-state index in [-0.39, 0.29) is 22.0 Å². The molecule has 0 saturated heterocycles. The van der Waals surface area contributed by atoms with E-state index < -0.39 is 7.11 Å². The molecule has 1 aliphatic carbocycles. The maximum absolute atomic E-state index is 2.77. The van der Waals surface area contributed by atoms with Gasteiger partial charge >= 0.3 is 0 Å². The number of rotatable bonds is 13. The molecule has 0 aromatic heterocycles. The molecule has 3 heteroatoms. The molecule has 0 amide bonds. The van der Waals surface area contributed by atoms with Gasteiger partial charge in [0.1, 0.15) is 0 Å². The molecule has 2 radical (unpaired) electrons. The molecule has 0 atom stereocenters. The van der Waals surface area contributed by atoms with Crippen LogP contribution in [0.1, 0.15) is 89.2 Å². The minimum atomic E-state index is -1.37. The van der Waals surface area contributed by atoms with Gasteiger partial charge in [0.25, 0.3) is 0 Å². The van der Waals surface area contributed by atoms with E-state index in [9.17, 15) is 0 Å². The Morgan fingerprint density at radius 2 is 1.21 bits per heavy atom. The fourth-order valence-corrected chi connectivity index (χ4v) is 25.6. The molecule has 0 saturated carbocycles. The smallest absolute Gasteiger partial charge is 0.0657 e. The summed E-state index contributed by atoms with van der Waals surface area (Å²) in [4.78, 5) is 0. The van der Waals surface area contributed by atoms with Gasteiger partial charge in [0.05, 0.1) is 7.11 Å². The molecular formula is C30H48Si3. The molecule has 2 aromatic carbocycles. The lowest BCUT2D eigenvalue weighted by atomic mass is 9.70. The van der Waals surface area contributed by atoms with Crippen LogP contribution in [-0.4, -0.2) is 23.7 Å². The number of hydrogen-bond donors (Lipinski definition) is 0. The van der Waals surface area contributed by atoms with Crippen molar-refractivity contribution in [1.29, 1.82) is 0 Å². The highest BCUT2D eigenvalue weighted by molar-refractivity contribution is 7.63. The first-order valence-electron chi connectivity index (χ1n) is 13.7. The van der Waals surface area contributed by atoms with Crippen molar-refractivity contribution in [3.63, 3.8) is 0 Å². The predicted octanol–water partition coefficient (Wildman–Crippen LogP) is 8.85. The Bertz CT molecular complexity index is 879. The van der Waals surface area contributed by atoms with Crippen molar-refractivity contribution >= 4 is 28.9 Å². The van der Waals surface area contributed by atoms with Crippen LogP contribution in [0.2, 0.25) is 32.7 Å². The van der Waals surface area contributed by atoms with Gasteiger partial charge in [0, 0.05) is 22.0 Å². The summed E-state index contributed by atoms with van der Waals surface area (Å²) in [6.07, 6.45) is 13.5. The van der Waals surface area contributed by atoms with Crippen LogP contribution in [0.5, 0.6) is 0 Å². The SMILES string of the molecule is CCCCCCC1(CCCCCC)c2ccccc2-c2ccc([Si](C)([Si](C)C)[Si](C)C)cc21. The maximum atomic E-state index is 2.77. The average Bonchev–Trinajstić information content (AvgIpc) is 3.08. The zero-order chi connectivity index (χ0) is 24.1. The van der Waals surface area contributed by atoms with Crippen molar-refractivity contribution in [3.05, 3.63) is 53.6 Å². The first-order valence-corrected chi connectivity index (χ1v) is 23.2. The highest BCUT2D eigenvalue weighted by atomic mass is 29.6. The van der Waals surface area contributed by atoms with Crippen LogP contribution in [0.15, 0.2) is 42.5 Å². The summed E-state index contributed by atoms with van der Waals surface area (Å²) < 4.78 is 0. The number of benzene rings is 2. The van der Waals surface area contributed by atoms with Gasteiger partial charge in [-0.3, -0.25) is 0 Å². The largest absolute Gasteiger partial charge is 0.0732 e. The van der Waals surface area contributed by atoms with Gasteiger partial charge < -0.3 is 0 Å². The van der Waals surface area contributed by atoms with E-state index in [4.69, 9.17) is 0 Å². The Morgan fingerprint density at radius 1 is 0.667 bits per heavy atom. The summed E-state index contributed by atoms with van der Waals surface area (Å²) in [6, 6.07) is 17.3. The topological polar surface area (TPSA) is 0 Å². The number of fused-ring (bicyclic) bond motifs is 3. The van der Waals surface area contributed by atoms with Crippen molar-refractivity contribution in [2.45, 2.75) is 116 Å². The second kappa shape index (κ2) is 11.7. The van der Waals surface area contributed by atoms with Crippen LogP contribution in [0, 0.1) is 0 Å². The minimum absolute atomic E-state index is 0.238.